The maximum atomic E-state index is 12.7. The standard InChI is InChI=1S/C25H26N6O2S/c26-23(32)8-3-1-2-7-20(31-25(33)22-15-27-16-34-22)24-29-14-21(30-24)18-11-9-17(10-12-18)19-6-4-5-13-28-19/h4-6,9-16,20H,1-3,7-8H2,(H2,26,32)(H,29,30)(H,31,33)/t20-/m0/s1. The highest BCUT2D eigenvalue weighted by molar-refractivity contribution is 7.11. The highest BCUT2D eigenvalue weighted by Crippen LogP contribution is 2.25. The number of thiazole rings is 1. The summed E-state index contributed by atoms with van der Waals surface area (Å²) in [5.74, 6) is 0.221. The second kappa shape index (κ2) is 11.3. The molecule has 0 saturated carbocycles. The van der Waals surface area contributed by atoms with Crippen molar-refractivity contribution in [2.24, 2.45) is 5.73 Å². The lowest BCUT2D eigenvalue weighted by atomic mass is 10.1. The van der Waals surface area contributed by atoms with Crippen LogP contribution in [-0.2, 0) is 4.79 Å². The molecule has 174 valence electrons. The van der Waals surface area contributed by atoms with Crippen LogP contribution < -0.4 is 11.1 Å². The number of carbonyl (C=O) groups excluding carboxylic acids is 2. The maximum Gasteiger partial charge on any atom is 0.263 e. The lowest BCUT2D eigenvalue weighted by molar-refractivity contribution is -0.118. The molecule has 0 aliphatic heterocycles. The van der Waals surface area contributed by atoms with Gasteiger partial charge in [0, 0.05) is 18.2 Å². The van der Waals surface area contributed by atoms with Crippen LogP contribution in [0.1, 0.15) is 53.6 Å². The molecular formula is C25H26N6O2S. The smallest absolute Gasteiger partial charge is 0.263 e. The number of benzene rings is 1. The predicted molar refractivity (Wildman–Crippen MR) is 132 cm³/mol. The summed E-state index contributed by atoms with van der Waals surface area (Å²) in [5.41, 5.74) is 10.7. The zero-order valence-corrected chi connectivity index (χ0v) is 19.4. The third kappa shape index (κ3) is 6.14. The molecule has 0 fully saturated rings. The largest absolute Gasteiger partial charge is 0.370 e. The molecule has 3 aromatic heterocycles. The molecule has 2 amide bonds. The molecule has 0 bridgehead atoms. The van der Waals surface area contributed by atoms with Gasteiger partial charge in [0.1, 0.15) is 10.7 Å². The van der Waals surface area contributed by atoms with E-state index >= 15 is 0 Å². The van der Waals surface area contributed by atoms with E-state index in [2.05, 4.69) is 25.3 Å². The number of H-pyrrole nitrogens is 1. The Morgan fingerprint density at radius 3 is 2.53 bits per heavy atom. The lowest BCUT2D eigenvalue weighted by Crippen LogP contribution is -2.28. The van der Waals surface area contributed by atoms with E-state index in [0.29, 0.717) is 23.5 Å². The van der Waals surface area contributed by atoms with Gasteiger partial charge in [-0.15, -0.1) is 11.3 Å². The molecule has 8 nitrogen and oxygen atoms in total. The van der Waals surface area contributed by atoms with Crippen LogP contribution in [0.2, 0.25) is 0 Å². The fourth-order valence-corrected chi connectivity index (χ4v) is 4.20. The number of unbranched alkanes of at least 4 members (excludes halogenated alkanes) is 2. The average Bonchev–Trinajstić information content (AvgIpc) is 3.56. The first-order chi connectivity index (χ1) is 16.6. The molecule has 9 heteroatoms. The summed E-state index contributed by atoms with van der Waals surface area (Å²) in [4.78, 5) is 40.5. The highest BCUT2D eigenvalue weighted by atomic mass is 32.1. The van der Waals surface area contributed by atoms with Crippen LogP contribution >= 0.6 is 11.3 Å². The van der Waals surface area contributed by atoms with Gasteiger partial charge >= 0.3 is 0 Å². The molecular weight excluding hydrogens is 448 g/mol. The summed E-state index contributed by atoms with van der Waals surface area (Å²) >= 11 is 1.29. The summed E-state index contributed by atoms with van der Waals surface area (Å²) < 4.78 is 0. The number of nitrogens with one attached hydrogen (secondary N) is 2. The first kappa shape index (κ1) is 23.3. The quantitative estimate of drug-likeness (QED) is 0.276. The Labute approximate surface area is 201 Å². The predicted octanol–water partition coefficient (Wildman–Crippen LogP) is 4.50. The number of nitrogens with two attached hydrogens (primary N) is 1. The summed E-state index contributed by atoms with van der Waals surface area (Å²) in [6.45, 7) is 0. The molecule has 0 radical (unpaired) electrons. The normalized spacial score (nSPS) is 11.8. The Morgan fingerprint density at radius 1 is 1.00 bits per heavy atom. The zero-order valence-electron chi connectivity index (χ0n) is 18.6. The minimum absolute atomic E-state index is 0.178. The number of amides is 2. The molecule has 0 aliphatic rings. The number of pyridine rings is 1. The van der Waals surface area contributed by atoms with Gasteiger partial charge in [-0.05, 0) is 30.5 Å². The first-order valence-electron chi connectivity index (χ1n) is 11.1. The minimum atomic E-state index is -0.292. The Balaban J connectivity index is 1.47. The van der Waals surface area contributed by atoms with E-state index in [1.165, 1.54) is 11.3 Å². The number of rotatable bonds is 11. The second-order valence-corrected chi connectivity index (χ2v) is 8.82. The number of aromatic amines is 1. The zero-order chi connectivity index (χ0) is 23.8. The van der Waals surface area contributed by atoms with Crippen LogP contribution in [0.4, 0.5) is 0 Å². The van der Waals surface area contributed by atoms with Crippen molar-refractivity contribution in [1.82, 2.24) is 25.3 Å². The minimum Gasteiger partial charge on any atom is -0.370 e. The van der Waals surface area contributed by atoms with E-state index in [0.717, 1.165) is 41.8 Å². The SMILES string of the molecule is NC(=O)CCCCC[C@H](NC(=O)c1cncs1)c1ncc(-c2ccc(-c3ccccn3)cc2)[nH]1. The molecule has 0 aliphatic carbocycles. The maximum absolute atomic E-state index is 12.7. The Morgan fingerprint density at radius 2 is 1.82 bits per heavy atom. The van der Waals surface area contributed by atoms with E-state index < -0.39 is 0 Å². The number of hydrogen-bond acceptors (Lipinski definition) is 6. The van der Waals surface area contributed by atoms with Crippen LogP contribution in [0.15, 0.2) is 66.6 Å². The number of nitrogens with zero attached hydrogens (tertiary/aromatic N) is 3. The summed E-state index contributed by atoms with van der Waals surface area (Å²) in [5, 5.41) is 3.07. The third-order valence-electron chi connectivity index (χ3n) is 5.46. The summed E-state index contributed by atoms with van der Waals surface area (Å²) in [6, 6.07) is 13.7. The molecule has 0 saturated heterocycles. The van der Waals surface area contributed by atoms with E-state index in [4.69, 9.17) is 5.73 Å². The molecule has 0 spiro atoms. The van der Waals surface area contributed by atoms with Crippen molar-refractivity contribution in [3.05, 3.63) is 77.3 Å². The van der Waals surface area contributed by atoms with Gasteiger partial charge in [-0.3, -0.25) is 19.6 Å². The second-order valence-electron chi connectivity index (χ2n) is 7.93. The van der Waals surface area contributed by atoms with Crippen molar-refractivity contribution in [2.45, 2.75) is 38.1 Å². The molecule has 34 heavy (non-hydrogen) atoms. The monoisotopic (exact) mass is 474 g/mol. The van der Waals surface area contributed by atoms with E-state index in [1.54, 1.807) is 24.1 Å². The fourth-order valence-electron chi connectivity index (χ4n) is 3.67. The van der Waals surface area contributed by atoms with Crippen molar-refractivity contribution in [2.75, 3.05) is 0 Å². The van der Waals surface area contributed by atoms with Crippen molar-refractivity contribution >= 4 is 23.2 Å². The molecule has 3 heterocycles. The third-order valence-corrected chi connectivity index (χ3v) is 6.23. The Kier molecular flexibility index (Phi) is 7.77. The van der Waals surface area contributed by atoms with Gasteiger partial charge < -0.3 is 16.0 Å². The lowest BCUT2D eigenvalue weighted by Gasteiger charge is -2.16. The first-order valence-corrected chi connectivity index (χ1v) is 12.0. The van der Waals surface area contributed by atoms with Crippen LogP contribution in [0.3, 0.4) is 0 Å². The Hall–Kier alpha value is -3.85. The van der Waals surface area contributed by atoms with Crippen molar-refractivity contribution in [1.29, 1.82) is 0 Å². The van der Waals surface area contributed by atoms with E-state index in [-0.39, 0.29) is 17.9 Å². The van der Waals surface area contributed by atoms with Crippen molar-refractivity contribution in [3.8, 4) is 22.5 Å². The van der Waals surface area contributed by atoms with Crippen LogP contribution in [-0.4, -0.2) is 31.8 Å². The number of primary amides is 1. The van der Waals surface area contributed by atoms with E-state index in [9.17, 15) is 9.59 Å². The molecule has 4 rings (SSSR count). The fraction of sp³-hybridized carbons (Fsp3) is 0.240. The van der Waals surface area contributed by atoms with Crippen LogP contribution in [0.25, 0.3) is 22.5 Å². The number of aromatic nitrogens is 4. The average molecular weight is 475 g/mol. The van der Waals surface area contributed by atoms with Gasteiger partial charge in [-0.25, -0.2) is 4.98 Å². The number of imidazole rings is 1. The van der Waals surface area contributed by atoms with Gasteiger partial charge in [0.25, 0.3) is 5.91 Å². The van der Waals surface area contributed by atoms with Gasteiger partial charge in [0.05, 0.1) is 35.3 Å². The van der Waals surface area contributed by atoms with Gasteiger partial charge in [0.2, 0.25) is 5.91 Å². The topological polar surface area (TPSA) is 127 Å². The summed E-state index contributed by atoms with van der Waals surface area (Å²) in [6.07, 6.45) is 8.58. The van der Waals surface area contributed by atoms with Gasteiger partial charge in [-0.1, -0.05) is 43.2 Å². The molecule has 0 unspecified atom stereocenters. The van der Waals surface area contributed by atoms with Crippen molar-refractivity contribution in [3.63, 3.8) is 0 Å². The molecule has 4 N–H and O–H groups in total. The molecule has 1 aromatic carbocycles. The number of carbonyl (C=O) groups is 2. The highest BCUT2D eigenvalue weighted by Gasteiger charge is 2.20. The molecule has 1 atom stereocenters. The summed E-state index contributed by atoms with van der Waals surface area (Å²) in [7, 11) is 0. The molecule has 4 aromatic rings. The van der Waals surface area contributed by atoms with Crippen LogP contribution in [0, 0.1) is 0 Å². The van der Waals surface area contributed by atoms with Gasteiger partial charge in [0.15, 0.2) is 0 Å². The Bertz CT molecular complexity index is 1210. The number of hydrogen-bond donors (Lipinski definition) is 3. The van der Waals surface area contributed by atoms with Gasteiger partial charge in [-0.2, -0.15) is 0 Å². The van der Waals surface area contributed by atoms with E-state index in [1.807, 2.05) is 42.5 Å². The van der Waals surface area contributed by atoms with Crippen LogP contribution in [0.5, 0.6) is 0 Å². The van der Waals surface area contributed by atoms with Crippen molar-refractivity contribution < 1.29 is 9.59 Å².